The number of pyridine rings is 1. The van der Waals surface area contributed by atoms with Gasteiger partial charge in [-0.1, -0.05) is 86.1 Å². The molecule has 0 unspecified atom stereocenters. The van der Waals surface area contributed by atoms with E-state index in [0.717, 1.165) is 11.3 Å². The standard InChI is InChI=1S/C11H9N.C7H8.C2H6/c1-2-6-10(7-3-1)11-8-4-5-9-12-11;1-7-5-3-2-4-6-7;1-2/h1-9H;2-6H,1H3;1-2H3. The first kappa shape index (κ1) is 16.6. The molecule has 0 bridgehead atoms. The highest BCUT2D eigenvalue weighted by molar-refractivity contribution is 5.58. The van der Waals surface area contributed by atoms with Gasteiger partial charge in [-0.25, -0.2) is 0 Å². The SMILES string of the molecule is CC.Cc1ccccc1.c1ccc(-c2ccccn2)cc1. The van der Waals surface area contributed by atoms with Crippen molar-refractivity contribution >= 4 is 0 Å². The number of aryl methyl sites for hydroxylation is 1. The molecule has 0 spiro atoms. The molecule has 1 aromatic heterocycles. The summed E-state index contributed by atoms with van der Waals surface area (Å²) >= 11 is 0. The third-order valence-electron chi connectivity index (χ3n) is 2.67. The molecule has 2 aromatic carbocycles. The van der Waals surface area contributed by atoms with Crippen molar-refractivity contribution < 1.29 is 0 Å². The molecule has 21 heavy (non-hydrogen) atoms. The minimum atomic E-state index is 1.03. The summed E-state index contributed by atoms with van der Waals surface area (Å²) < 4.78 is 0. The second-order valence-corrected chi connectivity index (χ2v) is 4.24. The maximum atomic E-state index is 4.25. The lowest BCUT2D eigenvalue weighted by Gasteiger charge is -1.97. The molecular formula is C20H23N. The van der Waals surface area contributed by atoms with Gasteiger partial charge in [0, 0.05) is 11.8 Å². The third kappa shape index (κ3) is 6.53. The van der Waals surface area contributed by atoms with E-state index in [9.17, 15) is 0 Å². The number of hydrogen-bond donors (Lipinski definition) is 0. The highest BCUT2D eigenvalue weighted by Crippen LogP contribution is 2.14. The summed E-state index contributed by atoms with van der Waals surface area (Å²) in [5, 5.41) is 0. The van der Waals surface area contributed by atoms with Crippen molar-refractivity contribution in [2.45, 2.75) is 20.8 Å². The summed E-state index contributed by atoms with van der Waals surface area (Å²) in [6, 6.07) is 26.3. The van der Waals surface area contributed by atoms with Gasteiger partial charge in [-0.05, 0) is 19.1 Å². The van der Waals surface area contributed by atoms with E-state index in [0.29, 0.717) is 0 Å². The van der Waals surface area contributed by atoms with Gasteiger partial charge in [-0.15, -0.1) is 0 Å². The molecule has 0 fully saturated rings. The van der Waals surface area contributed by atoms with Crippen molar-refractivity contribution in [2.24, 2.45) is 0 Å². The van der Waals surface area contributed by atoms with Crippen LogP contribution in [0, 0.1) is 6.92 Å². The first-order valence-corrected chi connectivity index (χ1v) is 7.34. The molecule has 3 rings (SSSR count). The van der Waals surface area contributed by atoms with E-state index in [2.05, 4.69) is 36.2 Å². The zero-order chi connectivity index (χ0) is 15.3. The van der Waals surface area contributed by atoms with E-state index in [-0.39, 0.29) is 0 Å². The summed E-state index contributed by atoms with van der Waals surface area (Å²) in [5.41, 5.74) is 3.51. The Morgan fingerprint density at radius 1 is 0.619 bits per heavy atom. The van der Waals surface area contributed by atoms with Crippen molar-refractivity contribution in [2.75, 3.05) is 0 Å². The summed E-state index contributed by atoms with van der Waals surface area (Å²) in [7, 11) is 0. The molecule has 0 saturated carbocycles. The molecule has 0 aliphatic rings. The Labute approximate surface area is 128 Å². The fourth-order valence-corrected chi connectivity index (χ4v) is 1.68. The van der Waals surface area contributed by atoms with Gasteiger partial charge in [0.05, 0.1) is 5.69 Å². The predicted octanol–water partition coefficient (Wildman–Crippen LogP) is 5.77. The Bertz CT molecular complexity index is 537. The van der Waals surface area contributed by atoms with Crippen LogP contribution in [0.2, 0.25) is 0 Å². The Kier molecular flexibility index (Phi) is 8.23. The largest absolute Gasteiger partial charge is 0.256 e. The molecule has 0 radical (unpaired) electrons. The quantitative estimate of drug-likeness (QED) is 0.550. The average molecular weight is 277 g/mol. The van der Waals surface area contributed by atoms with Gasteiger partial charge >= 0.3 is 0 Å². The maximum absolute atomic E-state index is 4.25. The molecule has 0 saturated heterocycles. The average Bonchev–Trinajstić information content (AvgIpc) is 2.60. The van der Waals surface area contributed by atoms with Crippen molar-refractivity contribution in [1.29, 1.82) is 0 Å². The van der Waals surface area contributed by atoms with E-state index < -0.39 is 0 Å². The fourth-order valence-electron chi connectivity index (χ4n) is 1.68. The van der Waals surface area contributed by atoms with Crippen LogP contribution in [0.15, 0.2) is 85.1 Å². The van der Waals surface area contributed by atoms with E-state index in [4.69, 9.17) is 0 Å². The minimum Gasteiger partial charge on any atom is -0.256 e. The second-order valence-electron chi connectivity index (χ2n) is 4.24. The number of hydrogen-bond acceptors (Lipinski definition) is 1. The van der Waals surface area contributed by atoms with Crippen molar-refractivity contribution in [3.05, 3.63) is 90.6 Å². The molecule has 0 amide bonds. The Hall–Kier alpha value is -2.41. The smallest absolute Gasteiger partial charge is 0.0701 e. The van der Waals surface area contributed by atoms with Gasteiger partial charge in [0.15, 0.2) is 0 Å². The van der Waals surface area contributed by atoms with Gasteiger partial charge in [0.1, 0.15) is 0 Å². The number of rotatable bonds is 1. The zero-order valence-electron chi connectivity index (χ0n) is 13.0. The Morgan fingerprint density at radius 3 is 1.57 bits per heavy atom. The highest BCUT2D eigenvalue weighted by Gasteiger charge is 1.93. The Balaban J connectivity index is 0.000000210. The molecule has 108 valence electrons. The fraction of sp³-hybridized carbons (Fsp3) is 0.150. The molecule has 0 N–H and O–H groups in total. The number of benzene rings is 2. The van der Waals surface area contributed by atoms with Gasteiger partial charge in [-0.3, -0.25) is 4.98 Å². The van der Waals surface area contributed by atoms with Crippen molar-refractivity contribution in [3.63, 3.8) is 0 Å². The van der Waals surface area contributed by atoms with Crippen LogP contribution in [0.1, 0.15) is 19.4 Å². The van der Waals surface area contributed by atoms with Crippen LogP contribution in [0.3, 0.4) is 0 Å². The van der Waals surface area contributed by atoms with Crippen molar-refractivity contribution in [3.8, 4) is 11.3 Å². The van der Waals surface area contributed by atoms with E-state index in [1.807, 2.05) is 74.6 Å². The summed E-state index contributed by atoms with van der Waals surface area (Å²) in [6.45, 7) is 6.08. The van der Waals surface area contributed by atoms with Gasteiger partial charge in [0.25, 0.3) is 0 Å². The monoisotopic (exact) mass is 277 g/mol. The van der Waals surface area contributed by atoms with Crippen LogP contribution in [0.5, 0.6) is 0 Å². The summed E-state index contributed by atoms with van der Waals surface area (Å²) in [5.74, 6) is 0. The Morgan fingerprint density at radius 2 is 1.14 bits per heavy atom. The zero-order valence-corrected chi connectivity index (χ0v) is 13.0. The highest BCUT2D eigenvalue weighted by atomic mass is 14.7. The predicted molar refractivity (Wildman–Crippen MR) is 92.2 cm³/mol. The third-order valence-corrected chi connectivity index (χ3v) is 2.67. The van der Waals surface area contributed by atoms with E-state index in [1.165, 1.54) is 5.56 Å². The van der Waals surface area contributed by atoms with Crippen molar-refractivity contribution in [1.82, 2.24) is 4.98 Å². The van der Waals surface area contributed by atoms with Crippen LogP contribution in [-0.4, -0.2) is 4.98 Å². The number of nitrogens with zero attached hydrogens (tertiary/aromatic N) is 1. The lowest BCUT2D eigenvalue weighted by Crippen LogP contribution is -1.79. The molecule has 1 heteroatoms. The lowest BCUT2D eigenvalue weighted by atomic mass is 10.1. The van der Waals surface area contributed by atoms with E-state index >= 15 is 0 Å². The molecule has 1 heterocycles. The van der Waals surface area contributed by atoms with Crippen LogP contribution >= 0.6 is 0 Å². The van der Waals surface area contributed by atoms with E-state index in [1.54, 1.807) is 0 Å². The first-order valence-electron chi connectivity index (χ1n) is 7.34. The molecule has 0 aliphatic carbocycles. The minimum absolute atomic E-state index is 1.03. The molecular weight excluding hydrogens is 254 g/mol. The number of aromatic nitrogens is 1. The van der Waals surface area contributed by atoms with Gasteiger partial charge in [-0.2, -0.15) is 0 Å². The summed E-state index contributed by atoms with van der Waals surface area (Å²) in [4.78, 5) is 4.25. The lowest BCUT2D eigenvalue weighted by molar-refractivity contribution is 1.33. The first-order chi connectivity index (χ1) is 10.4. The molecule has 1 nitrogen and oxygen atoms in total. The van der Waals surface area contributed by atoms with Crippen LogP contribution in [0.4, 0.5) is 0 Å². The normalized spacial score (nSPS) is 8.71. The van der Waals surface area contributed by atoms with Crippen LogP contribution in [0.25, 0.3) is 11.3 Å². The molecule has 0 atom stereocenters. The molecule has 0 aliphatic heterocycles. The topological polar surface area (TPSA) is 12.9 Å². The van der Waals surface area contributed by atoms with Crippen LogP contribution < -0.4 is 0 Å². The van der Waals surface area contributed by atoms with Gasteiger partial charge in [0.2, 0.25) is 0 Å². The molecule has 3 aromatic rings. The summed E-state index contributed by atoms with van der Waals surface area (Å²) in [6.07, 6.45) is 1.81. The van der Waals surface area contributed by atoms with Crippen LogP contribution in [-0.2, 0) is 0 Å². The van der Waals surface area contributed by atoms with Gasteiger partial charge < -0.3 is 0 Å². The maximum Gasteiger partial charge on any atom is 0.0701 e. The second kappa shape index (κ2) is 10.4.